The first kappa shape index (κ1) is 31.0. The lowest BCUT2D eigenvalue weighted by Crippen LogP contribution is -2.48. The van der Waals surface area contributed by atoms with Gasteiger partial charge in [0.2, 0.25) is 5.91 Å². The van der Waals surface area contributed by atoms with E-state index >= 15 is 0 Å². The quantitative estimate of drug-likeness (QED) is 0.250. The number of aromatic nitrogens is 6. The summed E-state index contributed by atoms with van der Waals surface area (Å²) in [7, 11) is 1.79. The van der Waals surface area contributed by atoms with Gasteiger partial charge in [-0.2, -0.15) is 5.10 Å². The molecule has 0 aliphatic rings. The number of hydrogen-bond donors (Lipinski definition) is 2. The summed E-state index contributed by atoms with van der Waals surface area (Å²) in [5.41, 5.74) is 4.53. The minimum Gasteiger partial charge on any atom is -0.465 e. The lowest BCUT2D eigenvalue weighted by molar-refractivity contribution is -0.120. The maximum atomic E-state index is 14.5. The number of para-hydroxylation sites is 1. The van der Waals surface area contributed by atoms with E-state index in [0.29, 0.717) is 44.6 Å². The first-order valence-electron chi connectivity index (χ1n) is 14.3. The number of halogens is 1. The molecule has 2 N–H and O–H groups in total. The molecule has 0 bridgehead atoms. The van der Waals surface area contributed by atoms with Crippen LogP contribution in [0.25, 0.3) is 33.2 Å². The highest BCUT2D eigenvalue weighted by atomic mass is 19.1. The summed E-state index contributed by atoms with van der Waals surface area (Å²) in [5, 5.41) is 17.7. The normalized spacial score (nSPS) is 12.1. The molecule has 5 aromatic rings. The highest BCUT2D eigenvalue weighted by Crippen LogP contribution is 2.29. The van der Waals surface area contributed by atoms with Gasteiger partial charge in [0, 0.05) is 35.8 Å². The fourth-order valence-corrected chi connectivity index (χ4v) is 5.11. The Bertz CT molecular complexity index is 2040. The number of carbonyl (C=O) groups excluding carboxylic acids is 1. The lowest BCUT2D eigenvalue weighted by atomic mass is 9.95. The largest absolute Gasteiger partial charge is 0.465 e. The van der Waals surface area contributed by atoms with Crippen LogP contribution < -0.4 is 5.32 Å². The summed E-state index contributed by atoms with van der Waals surface area (Å²) in [6.07, 6.45) is 0.239. The number of aryl methyl sites for hydroxylation is 3. The zero-order valence-electron chi connectivity index (χ0n) is 26.1. The molecule has 0 saturated heterocycles. The number of nitrogens with one attached hydrogen (secondary N) is 1. The van der Waals surface area contributed by atoms with Crippen molar-refractivity contribution >= 4 is 39.8 Å². The monoisotopic (exact) mass is 608 g/mol. The predicted octanol–water partition coefficient (Wildman–Crippen LogP) is 5.48. The van der Waals surface area contributed by atoms with Crippen LogP contribution in [0.3, 0.4) is 0 Å². The minimum absolute atomic E-state index is 0.153. The van der Waals surface area contributed by atoms with Crippen LogP contribution >= 0.6 is 0 Å². The highest BCUT2D eigenvalue weighted by Gasteiger charge is 2.30. The Morgan fingerprint density at radius 2 is 1.84 bits per heavy atom. The van der Waals surface area contributed by atoms with Gasteiger partial charge in [-0.15, -0.1) is 0 Å². The number of amides is 2. The van der Waals surface area contributed by atoms with Crippen LogP contribution in [0.15, 0.2) is 42.7 Å². The van der Waals surface area contributed by atoms with Crippen molar-refractivity contribution in [2.75, 3.05) is 11.9 Å². The number of hydrogen-bond acceptors (Lipinski definition) is 7. The molecular weight excluding hydrogens is 575 g/mol. The minimum atomic E-state index is -1.20. The molecule has 1 unspecified atom stereocenters. The molecule has 230 valence electrons. The van der Waals surface area contributed by atoms with E-state index in [2.05, 4.69) is 42.2 Å². The number of nitrogens with zero attached hydrogens (tertiary/aromatic N) is 7. The van der Waals surface area contributed by atoms with E-state index in [1.54, 1.807) is 49.0 Å². The second kappa shape index (κ2) is 11.9. The van der Waals surface area contributed by atoms with Gasteiger partial charge in [0.15, 0.2) is 0 Å². The summed E-state index contributed by atoms with van der Waals surface area (Å²) in [6, 6.07) is 8.84. The summed E-state index contributed by atoms with van der Waals surface area (Å²) in [5.74, 6) is 5.31. The molecule has 12 heteroatoms. The molecule has 4 heterocycles. The predicted molar refractivity (Wildman–Crippen MR) is 169 cm³/mol. The Morgan fingerprint density at radius 1 is 1.09 bits per heavy atom. The Hall–Kier alpha value is -5.44. The van der Waals surface area contributed by atoms with Gasteiger partial charge in [0.25, 0.3) is 0 Å². The third-order valence-electron chi connectivity index (χ3n) is 7.12. The van der Waals surface area contributed by atoms with Gasteiger partial charge in [-0.1, -0.05) is 38.8 Å². The molecule has 4 aromatic heterocycles. The molecule has 1 atom stereocenters. The molecule has 0 radical (unpaired) electrons. The molecule has 0 spiro atoms. The molecule has 45 heavy (non-hydrogen) atoms. The van der Waals surface area contributed by atoms with E-state index in [0.717, 1.165) is 10.6 Å². The fraction of sp³-hybridized carbons (Fsp3) is 0.303. The van der Waals surface area contributed by atoms with Crippen LogP contribution in [-0.2, 0) is 11.8 Å². The van der Waals surface area contributed by atoms with Crippen molar-refractivity contribution in [2.45, 2.75) is 47.6 Å². The first-order valence-corrected chi connectivity index (χ1v) is 14.3. The molecule has 0 saturated carbocycles. The smallest absolute Gasteiger partial charge is 0.407 e. The highest BCUT2D eigenvalue weighted by molar-refractivity contribution is 5.97. The number of anilines is 1. The van der Waals surface area contributed by atoms with Crippen LogP contribution in [0.4, 0.5) is 15.0 Å². The maximum absolute atomic E-state index is 14.5. The van der Waals surface area contributed by atoms with Crippen molar-refractivity contribution in [1.82, 2.24) is 34.6 Å². The van der Waals surface area contributed by atoms with Crippen molar-refractivity contribution in [1.29, 1.82) is 0 Å². The second-order valence-corrected chi connectivity index (χ2v) is 12.1. The van der Waals surface area contributed by atoms with Crippen molar-refractivity contribution in [3.63, 3.8) is 0 Å². The van der Waals surface area contributed by atoms with E-state index in [9.17, 15) is 19.1 Å². The Kier molecular flexibility index (Phi) is 8.21. The van der Waals surface area contributed by atoms with Gasteiger partial charge in [-0.3, -0.25) is 14.4 Å². The third kappa shape index (κ3) is 6.57. The van der Waals surface area contributed by atoms with Gasteiger partial charge in [-0.25, -0.2) is 29.1 Å². The Balaban J connectivity index is 1.62. The number of rotatable bonds is 5. The SMILES string of the molecule is Cc1cc(C#Cc2cc(-c3ncnc4c(C)nn(C)c34)cc(NC(=O)C(C)N(CC(C)(C)C)C(=O)O)n2)c2cccc(F)c2n1. The lowest BCUT2D eigenvalue weighted by Gasteiger charge is -2.31. The number of fused-ring (bicyclic) bond motifs is 2. The maximum Gasteiger partial charge on any atom is 0.407 e. The van der Waals surface area contributed by atoms with Crippen molar-refractivity contribution < 1.29 is 19.1 Å². The zero-order chi connectivity index (χ0) is 32.6. The van der Waals surface area contributed by atoms with E-state index in [4.69, 9.17) is 0 Å². The molecular formula is C33H33FN8O3. The number of benzene rings is 1. The van der Waals surface area contributed by atoms with E-state index in [1.165, 1.54) is 19.3 Å². The zero-order valence-corrected chi connectivity index (χ0v) is 26.1. The third-order valence-corrected chi connectivity index (χ3v) is 7.12. The van der Waals surface area contributed by atoms with Gasteiger partial charge >= 0.3 is 6.09 Å². The second-order valence-electron chi connectivity index (χ2n) is 12.1. The molecule has 0 aliphatic carbocycles. The van der Waals surface area contributed by atoms with Crippen molar-refractivity contribution in [3.8, 4) is 23.1 Å². The van der Waals surface area contributed by atoms with Crippen molar-refractivity contribution in [3.05, 3.63) is 71.2 Å². The molecule has 0 fully saturated rings. The van der Waals surface area contributed by atoms with Crippen LogP contribution in [-0.4, -0.2) is 64.3 Å². The Morgan fingerprint density at radius 3 is 2.56 bits per heavy atom. The standard InChI is InChI=1S/C33H33FN8O3/c1-18-13-21(24-9-8-10-25(34)29(24)37-18)11-12-23-14-22(28-30-27(35-17-36-28)19(2)40-41(30)7)15-26(38-23)39-31(43)20(3)42(32(44)45)16-33(4,5)6/h8-10,13-15,17,20H,16H2,1-7H3,(H,44,45)(H,38,39,43). The molecule has 11 nitrogen and oxygen atoms in total. The van der Waals surface area contributed by atoms with Gasteiger partial charge in [-0.05, 0) is 56.4 Å². The molecule has 0 aliphatic heterocycles. The molecule has 5 rings (SSSR count). The van der Waals surface area contributed by atoms with Crippen LogP contribution in [0.1, 0.15) is 50.3 Å². The van der Waals surface area contributed by atoms with Gasteiger partial charge in [0.1, 0.15) is 46.2 Å². The van der Waals surface area contributed by atoms with E-state index < -0.39 is 23.9 Å². The average Bonchev–Trinajstić information content (AvgIpc) is 3.27. The fourth-order valence-electron chi connectivity index (χ4n) is 5.11. The van der Waals surface area contributed by atoms with Crippen LogP contribution in [0.2, 0.25) is 0 Å². The summed E-state index contributed by atoms with van der Waals surface area (Å²) < 4.78 is 16.2. The first-order chi connectivity index (χ1) is 21.2. The summed E-state index contributed by atoms with van der Waals surface area (Å²) >= 11 is 0. The molecule has 1 aromatic carbocycles. The van der Waals surface area contributed by atoms with E-state index in [-0.39, 0.29) is 23.3 Å². The van der Waals surface area contributed by atoms with Gasteiger partial charge < -0.3 is 10.4 Å². The Labute approximate surface area is 259 Å². The summed E-state index contributed by atoms with van der Waals surface area (Å²) in [4.78, 5) is 44.3. The number of carbonyl (C=O) groups is 2. The number of pyridine rings is 2. The van der Waals surface area contributed by atoms with Gasteiger partial charge in [0.05, 0.1) is 11.4 Å². The van der Waals surface area contributed by atoms with Crippen LogP contribution in [0.5, 0.6) is 0 Å². The van der Waals surface area contributed by atoms with Crippen LogP contribution in [0, 0.1) is 36.9 Å². The topological polar surface area (TPSA) is 139 Å². The summed E-state index contributed by atoms with van der Waals surface area (Å²) in [6.45, 7) is 11.0. The number of carboxylic acid groups (broad SMARTS) is 1. The van der Waals surface area contributed by atoms with E-state index in [1.807, 2.05) is 27.7 Å². The average molecular weight is 609 g/mol. The molecule has 2 amide bonds. The van der Waals surface area contributed by atoms with Crippen molar-refractivity contribution in [2.24, 2.45) is 12.5 Å².